The largest absolute Gasteiger partial charge is 0.495 e. The fourth-order valence-electron chi connectivity index (χ4n) is 3.72. The van der Waals surface area contributed by atoms with Gasteiger partial charge >= 0.3 is 5.97 Å². The van der Waals surface area contributed by atoms with Crippen LogP contribution in [-0.2, 0) is 11.2 Å². The second-order valence-electron chi connectivity index (χ2n) is 7.36. The van der Waals surface area contributed by atoms with Crippen LogP contribution in [0.15, 0.2) is 72.8 Å². The van der Waals surface area contributed by atoms with Crippen LogP contribution in [0.3, 0.4) is 0 Å². The monoisotopic (exact) mass is 433 g/mol. The number of thiocarbonyl (C=S) groups is 1. The highest BCUT2D eigenvalue weighted by Crippen LogP contribution is 2.32. The highest BCUT2D eigenvalue weighted by molar-refractivity contribution is 7.80. The highest BCUT2D eigenvalue weighted by Gasteiger charge is 2.25. The van der Waals surface area contributed by atoms with Gasteiger partial charge in [0.15, 0.2) is 5.11 Å². The van der Waals surface area contributed by atoms with E-state index in [1.54, 1.807) is 25.3 Å². The smallest absolute Gasteiger partial charge is 0.307 e. The van der Waals surface area contributed by atoms with Crippen molar-refractivity contribution < 1.29 is 14.6 Å². The van der Waals surface area contributed by atoms with Crippen LogP contribution in [-0.4, -0.2) is 29.3 Å². The number of ether oxygens (including phenoxy) is 1. The number of allylic oxidation sites excluding steroid dienone is 2. The van der Waals surface area contributed by atoms with Crippen molar-refractivity contribution >= 4 is 40.4 Å². The molecule has 0 amide bonds. The second-order valence-corrected chi connectivity index (χ2v) is 7.77. The van der Waals surface area contributed by atoms with E-state index in [-0.39, 0.29) is 12.5 Å². The van der Waals surface area contributed by atoms with E-state index < -0.39 is 5.97 Å². The predicted octanol–water partition coefficient (Wildman–Crippen LogP) is 4.19. The van der Waals surface area contributed by atoms with Crippen LogP contribution in [0.2, 0.25) is 0 Å². The minimum absolute atomic E-state index is 0.0416. The molecular weight excluding hydrogens is 410 g/mol. The minimum Gasteiger partial charge on any atom is -0.495 e. The van der Waals surface area contributed by atoms with Gasteiger partial charge in [0.05, 0.1) is 25.3 Å². The summed E-state index contributed by atoms with van der Waals surface area (Å²) >= 11 is 5.48. The van der Waals surface area contributed by atoms with E-state index in [1.807, 2.05) is 24.3 Å². The molecule has 2 atom stereocenters. The highest BCUT2D eigenvalue weighted by atomic mass is 32.1. The number of aliphatic carboxylic acids is 1. The summed E-state index contributed by atoms with van der Waals surface area (Å²) in [4.78, 5) is 10.9. The molecule has 0 fully saturated rings. The number of carboxylic acid groups (broad SMARTS) is 1. The fraction of sp³-hybridized carbons (Fsp3) is 0.167. The number of methoxy groups -OCH3 is 1. The quantitative estimate of drug-likeness (QED) is 0.509. The van der Waals surface area contributed by atoms with Gasteiger partial charge in [0.2, 0.25) is 0 Å². The molecule has 2 aromatic rings. The summed E-state index contributed by atoms with van der Waals surface area (Å²) in [7, 11) is 1.61. The summed E-state index contributed by atoms with van der Waals surface area (Å²) in [6.07, 6.45) is 10.7. The molecule has 158 valence electrons. The van der Waals surface area contributed by atoms with Crippen LogP contribution >= 0.6 is 12.2 Å². The minimum atomic E-state index is -0.875. The molecular formula is C24H23N3O3S. The molecule has 0 spiro atoms. The Kier molecular flexibility index (Phi) is 6.04. The van der Waals surface area contributed by atoms with Crippen LogP contribution in [0.1, 0.15) is 11.1 Å². The van der Waals surface area contributed by atoms with Crippen LogP contribution < -0.4 is 20.7 Å². The zero-order valence-electron chi connectivity index (χ0n) is 17.0. The Labute approximate surface area is 186 Å². The lowest BCUT2D eigenvalue weighted by atomic mass is 9.98. The molecule has 0 bridgehead atoms. The van der Waals surface area contributed by atoms with Crippen LogP contribution in [0, 0.1) is 5.92 Å². The number of benzene rings is 2. The van der Waals surface area contributed by atoms with E-state index in [0.29, 0.717) is 28.0 Å². The van der Waals surface area contributed by atoms with Gasteiger partial charge in [-0.3, -0.25) is 4.79 Å². The second kappa shape index (κ2) is 9.06. The van der Waals surface area contributed by atoms with Gasteiger partial charge in [0, 0.05) is 17.3 Å². The number of nitrogens with one attached hydrogen (secondary N) is 3. The first-order valence-corrected chi connectivity index (χ1v) is 10.3. The standard InChI is InChI=1S/C24H23N3O3S/c1-30-22-10-9-17(20-13-16-6-2-3-8-19(16)26-20)14-21(22)27-24(31)25-18-7-4-5-15(11-18)12-23(28)29/h2-11,13-14,16,19,26H,12H2,1H3,(H,28,29)(H2,25,27,31). The molecule has 7 heteroatoms. The number of fused-ring (bicyclic) bond motifs is 1. The summed E-state index contributed by atoms with van der Waals surface area (Å²) < 4.78 is 5.49. The molecule has 0 saturated carbocycles. The lowest BCUT2D eigenvalue weighted by Crippen LogP contribution is -2.26. The zero-order chi connectivity index (χ0) is 21.8. The van der Waals surface area contributed by atoms with E-state index in [9.17, 15) is 4.79 Å². The van der Waals surface area contributed by atoms with E-state index >= 15 is 0 Å². The van der Waals surface area contributed by atoms with Crippen LogP contribution in [0.4, 0.5) is 11.4 Å². The molecule has 4 rings (SSSR count). The van der Waals surface area contributed by atoms with Gasteiger partial charge in [-0.05, 0) is 53.7 Å². The van der Waals surface area contributed by atoms with Gasteiger partial charge in [-0.2, -0.15) is 0 Å². The molecule has 2 aromatic carbocycles. The molecule has 2 aliphatic rings. The molecule has 1 aliphatic heterocycles. The first-order chi connectivity index (χ1) is 15.0. The van der Waals surface area contributed by atoms with E-state index in [4.69, 9.17) is 22.1 Å². The Bertz CT molecular complexity index is 1110. The molecule has 0 aromatic heterocycles. The third-order valence-electron chi connectivity index (χ3n) is 5.16. The average molecular weight is 434 g/mol. The van der Waals surface area contributed by atoms with E-state index in [2.05, 4.69) is 46.3 Å². The van der Waals surface area contributed by atoms with Gasteiger partial charge in [-0.15, -0.1) is 0 Å². The van der Waals surface area contributed by atoms with Gasteiger partial charge in [-0.1, -0.05) is 42.5 Å². The third-order valence-corrected chi connectivity index (χ3v) is 5.36. The molecule has 4 N–H and O–H groups in total. The van der Waals surface area contributed by atoms with E-state index in [0.717, 1.165) is 16.9 Å². The predicted molar refractivity (Wildman–Crippen MR) is 127 cm³/mol. The zero-order valence-corrected chi connectivity index (χ0v) is 17.8. The fourth-order valence-corrected chi connectivity index (χ4v) is 3.95. The van der Waals surface area contributed by atoms with Crippen molar-refractivity contribution in [3.63, 3.8) is 0 Å². The Hall–Kier alpha value is -3.58. The number of rotatable bonds is 6. The summed E-state index contributed by atoms with van der Waals surface area (Å²) in [6, 6.07) is 13.4. The van der Waals surface area contributed by atoms with Crippen molar-refractivity contribution in [1.29, 1.82) is 0 Å². The molecule has 0 radical (unpaired) electrons. The topological polar surface area (TPSA) is 82.6 Å². The van der Waals surface area contributed by atoms with Crippen LogP contribution in [0.25, 0.3) is 5.70 Å². The Morgan fingerprint density at radius 3 is 2.77 bits per heavy atom. The number of anilines is 2. The van der Waals surface area contributed by atoms with Crippen molar-refractivity contribution in [2.24, 2.45) is 5.92 Å². The molecule has 0 saturated heterocycles. The van der Waals surface area contributed by atoms with Gasteiger partial charge < -0.3 is 25.8 Å². The molecule has 2 unspecified atom stereocenters. The lowest BCUT2D eigenvalue weighted by molar-refractivity contribution is -0.136. The van der Waals surface area contributed by atoms with Crippen LogP contribution in [0.5, 0.6) is 5.75 Å². The van der Waals surface area contributed by atoms with Crippen molar-refractivity contribution in [3.8, 4) is 5.75 Å². The summed E-state index contributed by atoms with van der Waals surface area (Å²) in [6.45, 7) is 0. The van der Waals surface area contributed by atoms with Gasteiger partial charge in [0.25, 0.3) is 0 Å². The molecule has 6 nitrogen and oxygen atoms in total. The van der Waals surface area contributed by atoms with Crippen molar-refractivity contribution in [2.45, 2.75) is 12.5 Å². The first-order valence-electron chi connectivity index (χ1n) is 9.92. The number of carbonyl (C=O) groups is 1. The third kappa shape index (κ3) is 4.95. The summed E-state index contributed by atoms with van der Waals surface area (Å²) in [5.74, 6) is 0.141. The molecule has 31 heavy (non-hydrogen) atoms. The SMILES string of the molecule is COc1ccc(C2=CC3C=CC=CC3N2)cc1NC(=S)Nc1cccc(CC(=O)O)c1. The normalized spacial score (nSPS) is 18.5. The van der Waals surface area contributed by atoms with Crippen molar-refractivity contribution in [2.75, 3.05) is 17.7 Å². The van der Waals surface area contributed by atoms with Gasteiger partial charge in [0.1, 0.15) is 5.75 Å². The van der Waals surface area contributed by atoms with Crippen molar-refractivity contribution in [1.82, 2.24) is 5.32 Å². The molecule has 1 heterocycles. The maximum Gasteiger partial charge on any atom is 0.307 e. The molecule has 1 aliphatic carbocycles. The summed E-state index contributed by atoms with van der Waals surface area (Å²) in [5, 5.41) is 19.2. The Morgan fingerprint density at radius 1 is 1.16 bits per heavy atom. The van der Waals surface area contributed by atoms with E-state index in [1.165, 1.54) is 0 Å². The summed E-state index contributed by atoms with van der Waals surface area (Å²) in [5.41, 5.74) is 4.25. The maximum absolute atomic E-state index is 10.9. The first kappa shape index (κ1) is 20.7. The maximum atomic E-state index is 10.9. The number of hydrogen-bond donors (Lipinski definition) is 4. The number of carboxylic acids is 1. The number of hydrogen-bond acceptors (Lipinski definition) is 4. The average Bonchev–Trinajstić information content (AvgIpc) is 3.18. The van der Waals surface area contributed by atoms with Crippen molar-refractivity contribution in [3.05, 3.63) is 84.0 Å². The Balaban J connectivity index is 1.49. The van der Waals surface area contributed by atoms with Gasteiger partial charge in [-0.25, -0.2) is 0 Å². The lowest BCUT2D eigenvalue weighted by Gasteiger charge is -2.17. The Morgan fingerprint density at radius 2 is 2.00 bits per heavy atom.